The number of benzene rings is 2. The van der Waals surface area contributed by atoms with Crippen LogP contribution in [0, 0.1) is 11.6 Å². The van der Waals surface area contributed by atoms with Crippen molar-refractivity contribution in [3.05, 3.63) is 65.4 Å². The van der Waals surface area contributed by atoms with E-state index in [1.807, 2.05) is 0 Å². The molecule has 13 heteroatoms. The molecule has 41 heavy (non-hydrogen) atoms. The smallest absolute Gasteiger partial charge is 0.267 e. The highest BCUT2D eigenvalue weighted by atomic mass is 35.5. The maximum atomic E-state index is 15.6. The Morgan fingerprint density at radius 1 is 1.02 bits per heavy atom. The van der Waals surface area contributed by atoms with Crippen LogP contribution in [-0.2, 0) is 10.0 Å². The first-order chi connectivity index (χ1) is 19.6. The van der Waals surface area contributed by atoms with Crippen LogP contribution in [0.2, 0.25) is 5.02 Å². The van der Waals surface area contributed by atoms with Gasteiger partial charge in [-0.05, 0) is 75.7 Å². The summed E-state index contributed by atoms with van der Waals surface area (Å²) < 4.78 is 63.8. The number of ether oxygens (including phenoxy) is 1. The molecule has 2 N–H and O–H groups in total. The van der Waals surface area contributed by atoms with E-state index in [4.69, 9.17) is 16.3 Å². The van der Waals surface area contributed by atoms with Crippen molar-refractivity contribution in [2.75, 3.05) is 31.2 Å². The highest BCUT2D eigenvalue weighted by molar-refractivity contribution is 7.92. The summed E-state index contributed by atoms with van der Waals surface area (Å²) in [5.41, 5.74) is -0.0558. The van der Waals surface area contributed by atoms with Crippen LogP contribution in [-0.4, -0.2) is 61.6 Å². The molecule has 1 saturated carbocycles. The van der Waals surface area contributed by atoms with Gasteiger partial charge in [0.2, 0.25) is 11.8 Å². The van der Waals surface area contributed by atoms with Gasteiger partial charge in [-0.3, -0.25) is 4.72 Å². The summed E-state index contributed by atoms with van der Waals surface area (Å²) in [4.78, 5) is 14.7. The Labute approximate surface area is 242 Å². The van der Waals surface area contributed by atoms with Crippen molar-refractivity contribution in [3.8, 4) is 17.0 Å². The zero-order valence-electron chi connectivity index (χ0n) is 22.7. The lowest BCUT2D eigenvalue weighted by Crippen LogP contribution is -2.36. The number of aromatic nitrogens is 3. The predicted molar refractivity (Wildman–Crippen MR) is 155 cm³/mol. The van der Waals surface area contributed by atoms with Crippen LogP contribution in [0.15, 0.2) is 53.7 Å². The fourth-order valence-electron chi connectivity index (χ4n) is 5.03. The number of nitrogens with one attached hydrogen (secondary N) is 2. The number of anilines is 2. The van der Waals surface area contributed by atoms with Gasteiger partial charge in [0.1, 0.15) is 5.82 Å². The van der Waals surface area contributed by atoms with E-state index in [1.165, 1.54) is 19.4 Å². The third-order valence-electron chi connectivity index (χ3n) is 7.23. The molecule has 4 aromatic rings. The van der Waals surface area contributed by atoms with Crippen molar-refractivity contribution >= 4 is 44.2 Å². The molecular weight excluding hydrogens is 574 g/mol. The monoisotopic (exact) mass is 602 g/mol. The second-order valence-corrected chi connectivity index (χ2v) is 12.2. The Morgan fingerprint density at radius 3 is 2.49 bits per heavy atom. The maximum Gasteiger partial charge on any atom is 0.267 e. The van der Waals surface area contributed by atoms with Gasteiger partial charge in [-0.1, -0.05) is 17.7 Å². The first-order valence-corrected chi connectivity index (χ1v) is 14.8. The van der Waals surface area contributed by atoms with Crippen molar-refractivity contribution in [1.82, 2.24) is 19.9 Å². The van der Waals surface area contributed by atoms with Gasteiger partial charge in [0.25, 0.3) is 10.0 Å². The molecule has 0 saturated heterocycles. The number of methoxy groups -OCH3 is 1. The molecule has 1 aliphatic carbocycles. The number of rotatable bonds is 8. The number of fused-ring (bicyclic) bond motifs is 1. The minimum Gasteiger partial charge on any atom is -0.480 e. The lowest BCUT2D eigenvalue weighted by molar-refractivity contribution is 0.221. The standard InChI is InChI=1S/C28H29ClF2N6O3S/c1-37(2)20-7-5-19(6-8-20)34-28-33-14-17-12-16(4-10-22(17)35-28)25-21(30)9-11-23(26(25)31)36-41(38,39)24-13-18(29)15-32-27(24)40-3/h4,9-15,19-20,36H,5-8H2,1-3H3,(H,33,34,35). The fraction of sp³-hybridized carbons (Fsp3) is 0.321. The number of sulfonamides is 1. The van der Waals surface area contributed by atoms with Crippen LogP contribution in [0.4, 0.5) is 20.4 Å². The number of halogens is 3. The Balaban J connectivity index is 1.40. The number of hydrogen-bond donors (Lipinski definition) is 2. The van der Waals surface area contributed by atoms with E-state index >= 15 is 4.39 Å². The topological polar surface area (TPSA) is 109 Å². The maximum absolute atomic E-state index is 15.6. The van der Waals surface area contributed by atoms with E-state index < -0.39 is 37.8 Å². The third-order valence-corrected chi connectivity index (χ3v) is 8.80. The molecule has 2 heterocycles. The fourth-order valence-corrected chi connectivity index (χ4v) is 6.45. The normalized spacial score (nSPS) is 17.5. The van der Waals surface area contributed by atoms with Gasteiger partial charge >= 0.3 is 0 Å². The van der Waals surface area contributed by atoms with E-state index in [-0.39, 0.29) is 22.5 Å². The van der Waals surface area contributed by atoms with Crippen molar-refractivity contribution in [3.63, 3.8) is 0 Å². The Morgan fingerprint density at radius 2 is 1.78 bits per heavy atom. The highest BCUT2D eigenvalue weighted by Gasteiger charge is 2.26. The lowest BCUT2D eigenvalue weighted by atomic mass is 9.91. The molecule has 2 aromatic heterocycles. The average Bonchev–Trinajstić information content (AvgIpc) is 2.95. The Kier molecular flexibility index (Phi) is 8.25. The van der Waals surface area contributed by atoms with E-state index in [9.17, 15) is 12.8 Å². The molecule has 5 rings (SSSR count). The van der Waals surface area contributed by atoms with Crippen molar-refractivity contribution < 1.29 is 21.9 Å². The molecule has 0 bridgehead atoms. The first-order valence-electron chi connectivity index (χ1n) is 13.0. The predicted octanol–water partition coefficient (Wildman–Crippen LogP) is 5.72. The molecule has 216 valence electrons. The Bertz CT molecular complexity index is 1700. The molecular formula is C28H29ClF2N6O3S. The van der Waals surface area contributed by atoms with Gasteiger partial charge in [0.05, 0.1) is 28.9 Å². The van der Waals surface area contributed by atoms with Gasteiger partial charge in [0, 0.05) is 29.9 Å². The van der Waals surface area contributed by atoms with Crippen LogP contribution < -0.4 is 14.8 Å². The van der Waals surface area contributed by atoms with Crippen molar-refractivity contribution in [2.45, 2.75) is 42.7 Å². The number of hydrogen-bond acceptors (Lipinski definition) is 8. The average molecular weight is 603 g/mol. The lowest BCUT2D eigenvalue weighted by Gasteiger charge is -2.32. The van der Waals surface area contributed by atoms with Gasteiger partial charge in [-0.2, -0.15) is 0 Å². The van der Waals surface area contributed by atoms with Crippen LogP contribution in [0.5, 0.6) is 5.88 Å². The van der Waals surface area contributed by atoms with Gasteiger partial charge < -0.3 is 15.0 Å². The quantitative estimate of drug-likeness (QED) is 0.264. The summed E-state index contributed by atoms with van der Waals surface area (Å²) in [6, 6.07) is 8.72. The second-order valence-electron chi connectivity index (χ2n) is 10.1. The van der Waals surface area contributed by atoms with Gasteiger partial charge in [0.15, 0.2) is 10.7 Å². The van der Waals surface area contributed by atoms with Crippen LogP contribution in [0.25, 0.3) is 22.0 Å². The summed E-state index contributed by atoms with van der Waals surface area (Å²) >= 11 is 5.91. The first kappa shape index (κ1) is 28.9. The number of pyridine rings is 1. The van der Waals surface area contributed by atoms with Crippen LogP contribution >= 0.6 is 11.6 Å². The molecule has 0 spiro atoms. The van der Waals surface area contributed by atoms with E-state index in [2.05, 4.69) is 44.0 Å². The highest BCUT2D eigenvalue weighted by Crippen LogP contribution is 2.34. The molecule has 1 aliphatic rings. The summed E-state index contributed by atoms with van der Waals surface area (Å²) in [5, 5.41) is 4.02. The summed E-state index contributed by atoms with van der Waals surface area (Å²) in [6.45, 7) is 0. The van der Waals surface area contributed by atoms with Crippen molar-refractivity contribution in [1.29, 1.82) is 0 Å². The van der Waals surface area contributed by atoms with E-state index in [0.29, 0.717) is 22.9 Å². The summed E-state index contributed by atoms with van der Waals surface area (Å²) in [5.74, 6) is -1.68. The molecule has 1 fully saturated rings. The van der Waals surface area contributed by atoms with E-state index in [1.54, 1.807) is 18.3 Å². The zero-order chi connectivity index (χ0) is 29.3. The van der Waals surface area contributed by atoms with Gasteiger partial charge in [-0.25, -0.2) is 32.2 Å². The Hall–Kier alpha value is -3.61. The SMILES string of the molecule is COc1ncc(Cl)cc1S(=O)(=O)Nc1ccc(F)c(-c2ccc3nc(NC4CCC(N(C)C)CC4)ncc3c2)c1F. The molecule has 0 aliphatic heterocycles. The minimum absolute atomic E-state index is 0.0416. The number of nitrogens with zero attached hydrogens (tertiary/aromatic N) is 4. The zero-order valence-corrected chi connectivity index (χ0v) is 24.2. The summed E-state index contributed by atoms with van der Waals surface area (Å²) in [6.07, 6.45) is 7.04. The molecule has 0 atom stereocenters. The summed E-state index contributed by atoms with van der Waals surface area (Å²) in [7, 11) is 1.05. The largest absolute Gasteiger partial charge is 0.480 e. The third kappa shape index (κ3) is 6.19. The molecule has 0 unspecified atom stereocenters. The second kappa shape index (κ2) is 11.7. The van der Waals surface area contributed by atoms with Gasteiger partial charge in [-0.15, -0.1) is 0 Å². The van der Waals surface area contributed by atoms with Crippen LogP contribution in [0.1, 0.15) is 25.7 Å². The van der Waals surface area contributed by atoms with E-state index in [0.717, 1.165) is 43.9 Å². The molecule has 0 amide bonds. The minimum atomic E-state index is -4.39. The van der Waals surface area contributed by atoms with Crippen molar-refractivity contribution in [2.24, 2.45) is 0 Å². The molecule has 2 aromatic carbocycles. The molecule has 9 nitrogen and oxygen atoms in total. The molecule has 0 radical (unpaired) electrons. The van der Waals surface area contributed by atoms with Crippen LogP contribution in [0.3, 0.4) is 0 Å².